The van der Waals surface area contributed by atoms with Gasteiger partial charge in [0.2, 0.25) is 5.91 Å². The first kappa shape index (κ1) is 18.1. The molecule has 27 heavy (non-hydrogen) atoms. The third kappa shape index (κ3) is 3.72. The molecule has 140 valence electrons. The van der Waals surface area contributed by atoms with Gasteiger partial charge in [0.1, 0.15) is 5.82 Å². The van der Waals surface area contributed by atoms with Gasteiger partial charge in [-0.25, -0.2) is 4.98 Å². The van der Waals surface area contributed by atoms with Gasteiger partial charge in [-0.05, 0) is 36.2 Å². The Kier molecular flexibility index (Phi) is 5.17. The number of hydrogen-bond acceptors (Lipinski definition) is 2. The first-order chi connectivity index (χ1) is 13.2. The normalized spacial score (nSPS) is 17.2. The standard InChI is InChI=1S/C22H24ClN3O/c1-2-3-12-25-15-17(13-21(25)27)22-24-19-6-4-5-7-20(19)26(22)14-16-8-10-18(23)11-9-16/h4-11,17H,2-3,12-15H2,1H3/t17-/m1/s1. The molecule has 3 aromatic rings. The Balaban J connectivity index is 1.68. The Morgan fingerprint density at radius 3 is 2.70 bits per heavy atom. The number of imidazole rings is 1. The molecule has 5 heteroatoms. The molecule has 0 N–H and O–H groups in total. The molecule has 2 aromatic carbocycles. The molecule has 0 radical (unpaired) electrons. The molecule has 1 saturated heterocycles. The van der Waals surface area contributed by atoms with Crippen LogP contribution in [0, 0.1) is 0 Å². The lowest BCUT2D eigenvalue weighted by Crippen LogP contribution is -2.26. The van der Waals surface area contributed by atoms with Gasteiger partial charge in [0, 0.05) is 37.0 Å². The molecule has 0 saturated carbocycles. The SMILES string of the molecule is CCCCN1C[C@H](c2nc3ccccc3n2Cc2ccc(Cl)cc2)CC1=O. The number of amides is 1. The lowest BCUT2D eigenvalue weighted by molar-refractivity contribution is -0.127. The zero-order valence-electron chi connectivity index (χ0n) is 15.6. The van der Waals surface area contributed by atoms with Crippen LogP contribution in [0.1, 0.15) is 43.5 Å². The van der Waals surface area contributed by atoms with E-state index in [0.29, 0.717) is 6.42 Å². The van der Waals surface area contributed by atoms with Crippen molar-refractivity contribution in [1.82, 2.24) is 14.5 Å². The van der Waals surface area contributed by atoms with Gasteiger partial charge in [0.05, 0.1) is 11.0 Å². The van der Waals surface area contributed by atoms with Crippen LogP contribution in [0.2, 0.25) is 5.02 Å². The molecular formula is C22H24ClN3O. The summed E-state index contributed by atoms with van der Waals surface area (Å²) in [5.74, 6) is 1.41. The smallest absolute Gasteiger partial charge is 0.223 e. The van der Waals surface area contributed by atoms with Crippen LogP contribution < -0.4 is 0 Å². The highest BCUT2D eigenvalue weighted by Crippen LogP contribution is 2.31. The van der Waals surface area contributed by atoms with Crippen molar-refractivity contribution in [2.75, 3.05) is 13.1 Å². The van der Waals surface area contributed by atoms with Crippen LogP contribution in [0.15, 0.2) is 48.5 Å². The Morgan fingerprint density at radius 2 is 1.93 bits per heavy atom. The minimum atomic E-state index is 0.147. The summed E-state index contributed by atoms with van der Waals surface area (Å²) >= 11 is 6.04. The number of aromatic nitrogens is 2. The van der Waals surface area contributed by atoms with Crippen LogP contribution in [-0.4, -0.2) is 33.4 Å². The number of fused-ring (bicyclic) bond motifs is 1. The summed E-state index contributed by atoms with van der Waals surface area (Å²) in [6.45, 7) is 4.50. The van der Waals surface area contributed by atoms with Crippen molar-refractivity contribution in [3.63, 3.8) is 0 Å². The zero-order valence-corrected chi connectivity index (χ0v) is 16.3. The molecular weight excluding hydrogens is 358 g/mol. The van der Waals surface area contributed by atoms with Crippen LogP contribution in [-0.2, 0) is 11.3 Å². The summed E-state index contributed by atoms with van der Waals surface area (Å²) in [6, 6.07) is 16.1. The summed E-state index contributed by atoms with van der Waals surface area (Å²) in [5.41, 5.74) is 3.28. The highest BCUT2D eigenvalue weighted by atomic mass is 35.5. The Morgan fingerprint density at radius 1 is 1.15 bits per heavy atom. The topological polar surface area (TPSA) is 38.1 Å². The fourth-order valence-electron chi connectivity index (χ4n) is 3.85. The molecule has 4 rings (SSSR count). The van der Waals surface area contributed by atoms with Gasteiger partial charge in [-0.15, -0.1) is 0 Å². The van der Waals surface area contributed by atoms with E-state index in [1.54, 1.807) is 0 Å². The van der Waals surface area contributed by atoms with Gasteiger partial charge in [-0.1, -0.05) is 49.2 Å². The minimum absolute atomic E-state index is 0.147. The van der Waals surface area contributed by atoms with E-state index < -0.39 is 0 Å². The number of likely N-dealkylation sites (tertiary alicyclic amines) is 1. The molecule has 0 bridgehead atoms. The second-order valence-electron chi connectivity index (χ2n) is 7.27. The molecule has 1 aromatic heterocycles. The summed E-state index contributed by atoms with van der Waals surface area (Å²) in [4.78, 5) is 19.4. The molecule has 1 aliphatic heterocycles. The lowest BCUT2D eigenvalue weighted by Gasteiger charge is -2.17. The molecule has 0 aliphatic carbocycles. The number of para-hydroxylation sites is 2. The number of carbonyl (C=O) groups is 1. The van der Waals surface area contributed by atoms with Gasteiger partial charge in [-0.3, -0.25) is 4.79 Å². The van der Waals surface area contributed by atoms with Crippen molar-refractivity contribution in [2.45, 2.75) is 38.6 Å². The van der Waals surface area contributed by atoms with E-state index in [0.717, 1.165) is 54.4 Å². The second-order valence-corrected chi connectivity index (χ2v) is 7.70. The van der Waals surface area contributed by atoms with E-state index in [9.17, 15) is 4.79 Å². The predicted molar refractivity (Wildman–Crippen MR) is 109 cm³/mol. The number of nitrogens with zero attached hydrogens (tertiary/aromatic N) is 3. The first-order valence-electron chi connectivity index (χ1n) is 9.63. The van der Waals surface area contributed by atoms with Gasteiger partial charge in [-0.2, -0.15) is 0 Å². The lowest BCUT2D eigenvalue weighted by atomic mass is 10.1. The maximum atomic E-state index is 12.5. The highest BCUT2D eigenvalue weighted by Gasteiger charge is 2.33. The first-order valence-corrected chi connectivity index (χ1v) is 10.0. The van der Waals surface area contributed by atoms with Gasteiger partial charge >= 0.3 is 0 Å². The van der Waals surface area contributed by atoms with E-state index in [4.69, 9.17) is 16.6 Å². The molecule has 1 fully saturated rings. The van der Waals surface area contributed by atoms with Crippen molar-refractivity contribution >= 4 is 28.5 Å². The Hall–Kier alpha value is -2.33. The van der Waals surface area contributed by atoms with E-state index >= 15 is 0 Å². The van der Waals surface area contributed by atoms with E-state index in [1.807, 2.05) is 47.4 Å². The van der Waals surface area contributed by atoms with Crippen molar-refractivity contribution in [3.8, 4) is 0 Å². The number of halogens is 1. The number of rotatable bonds is 6. The van der Waals surface area contributed by atoms with Gasteiger partial charge in [0.25, 0.3) is 0 Å². The predicted octanol–water partition coefficient (Wildman–Crippen LogP) is 4.85. The highest BCUT2D eigenvalue weighted by molar-refractivity contribution is 6.30. The van der Waals surface area contributed by atoms with Crippen molar-refractivity contribution in [3.05, 3.63) is 64.9 Å². The number of carbonyl (C=O) groups excluding carboxylic acids is 1. The summed E-state index contributed by atoms with van der Waals surface area (Å²) in [7, 11) is 0. The minimum Gasteiger partial charge on any atom is -0.342 e. The fourth-order valence-corrected chi connectivity index (χ4v) is 3.98. The fraction of sp³-hybridized carbons (Fsp3) is 0.364. The van der Waals surface area contributed by atoms with Crippen LogP contribution in [0.4, 0.5) is 0 Å². The largest absolute Gasteiger partial charge is 0.342 e. The number of benzene rings is 2. The monoisotopic (exact) mass is 381 g/mol. The van der Waals surface area contributed by atoms with Gasteiger partial charge in [0.15, 0.2) is 0 Å². The Labute approximate surface area is 164 Å². The summed E-state index contributed by atoms with van der Waals surface area (Å²) in [6.07, 6.45) is 2.71. The van der Waals surface area contributed by atoms with Gasteiger partial charge < -0.3 is 9.47 Å². The molecule has 1 aliphatic rings. The van der Waals surface area contributed by atoms with Crippen molar-refractivity contribution in [1.29, 1.82) is 0 Å². The average Bonchev–Trinajstić information content (AvgIpc) is 3.22. The molecule has 4 nitrogen and oxygen atoms in total. The quantitative estimate of drug-likeness (QED) is 0.611. The number of hydrogen-bond donors (Lipinski definition) is 0. The van der Waals surface area contributed by atoms with Crippen LogP contribution in [0.25, 0.3) is 11.0 Å². The summed E-state index contributed by atoms with van der Waals surface area (Å²) in [5, 5.41) is 0.738. The van der Waals surface area contributed by atoms with Crippen molar-refractivity contribution < 1.29 is 4.79 Å². The molecule has 1 amide bonds. The second kappa shape index (κ2) is 7.73. The van der Waals surface area contributed by atoms with Crippen LogP contribution >= 0.6 is 11.6 Å². The maximum absolute atomic E-state index is 12.5. The molecule has 0 spiro atoms. The van der Waals surface area contributed by atoms with Crippen molar-refractivity contribution in [2.24, 2.45) is 0 Å². The molecule has 2 heterocycles. The Bertz CT molecular complexity index is 948. The molecule has 1 atom stereocenters. The third-order valence-electron chi connectivity index (χ3n) is 5.30. The van der Waals surface area contributed by atoms with E-state index in [2.05, 4.69) is 17.6 Å². The van der Waals surface area contributed by atoms with Crippen LogP contribution in [0.5, 0.6) is 0 Å². The molecule has 0 unspecified atom stereocenters. The van der Waals surface area contributed by atoms with E-state index in [1.165, 1.54) is 5.56 Å². The number of unbranched alkanes of at least 4 members (excludes halogenated alkanes) is 1. The zero-order chi connectivity index (χ0) is 18.8. The maximum Gasteiger partial charge on any atom is 0.223 e. The average molecular weight is 382 g/mol. The van der Waals surface area contributed by atoms with Crippen LogP contribution in [0.3, 0.4) is 0 Å². The van der Waals surface area contributed by atoms with E-state index in [-0.39, 0.29) is 11.8 Å². The third-order valence-corrected chi connectivity index (χ3v) is 5.55. The summed E-state index contributed by atoms with van der Waals surface area (Å²) < 4.78 is 2.26.